The predicted molar refractivity (Wildman–Crippen MR) is 169 cm³/mol. The van der Waals surface area contributed by atoms with E-state index >= 15 is 0 Å². The van der Waals surface area contributed by atoms with Crippen molar-refractivity contribution >= 4 is 30.6 Å². The molecule has 0 aromatic rings. The summed E-state index contributed by atoms with van der Waals surface area (Å²) in [6.45, 7) is 22.5. The molecule has 0 fully saturated rings. The first kappa shape index (κ1) is 38.9. The van der Waals surface area contributed by atoms with E-state index in [1.54, 1.807) is 4.90 Å². The molecule has 7 nitrogen and oxygen atoms in total. The molecule has 0 aliphatic rings. The van der Waals surface area contributed by atoms with E-state index in [-0.39, 0.29) is 34.4 Å². The summed E-state index contributed by atoms with van der Waals surface area (Å²) in [5, 5.41) is 10.8. The summed E-state index contributed by atoms with van der Waals surface area (Å²) in [7, 11) is 0. The summed E-state index contributed by atoms with van der Waals surface area (Å²) in [4.78, 5) is 29.5. The normalized spacial score (nSPS) is 13.3. The predicted octanol–water partition coefficient (Wildman–Crippen LogP) is 8.36. The average Bonchev–Trinajstić information content (AvgIpc) is 2.85. The van der Waals surface area contributed by atoms with Crippen LogP contribution in [0.1, 0.15) is 128 Å². The second kappa shape index (κ2) is 20.7. The molecule has 1 N–H and O–H groups in total. The molecule has 0 saturated carbocycles. The van der Waals surface area contributed by atoms with Crippen LogP contribution in [-0.2, 0) is 9.47 Å². The van der Waals surface area contributed by atoms with Gasteiger partial charge in [0, 0.05) is 0 Å². The minimum absolute atomic E-state index is 0.0131. The van der Waals surface area contributed by atoms with Crippen molar-refractivity contribution in [1.82, 2.24) is 9.80 Å². The number of carbonyl (C=O) groups excluding carboxylic acids is 2. The molecule has 2 atom stereocenters. The van der Waals surface area contributed by atoms with Gasteiger partial charge in [-0.1, -0.05) is 0 Å². The van der Waals surface area contributed by atoms with Gasteiger partial charge in [0.15, 0.2) is 0 Å². The fourth-order valence-electron chi connectivity index (χ4n) is 5.73. The molecule has 0 radical (unpaired) electrons. The molecule has 40 heavy (non-hydrogen) atoms. The summed E-state index contributed by atoms with van der Waals surface area (Å²) in [5.41, 5.74) is 0. The standard InChI is InChI=1S/C20H35N2O5.3C4H9.Sn/c1-14(2)21(15(3)4)19(24)26-12-9-10-18(23)11-13-27-20(25)22(16(5)6)17(7)8;3*1-3-4-2;/h12,14-18,23H,9-10H2,1-8H3;3*1,3-4H2,2H3;. The van der Waals surface area contributed by atoms with Crippen molar-refractivity contribution < 1.29 is 24.2 Å². The number of rotatable bonds is 18. The van der Waals surface area contributed by atoms with Crippen molar-refractivity contribution in [2.75, 3.05) is 0 Å². The quantitative estimate of drug-likeness (QED) is 0.117. The Kier molecular flexibility index (Phi) is 20.1. The molecule has 0 aromatic heterocycles. The molecule has 8 heteroatoms. The Morgan fingerprint density at radius 3 is 1.48 bits per heavy atom. The van der Waals surface area contributed by atoms with Crippen molar-refractivity contribution in [3.05, 3.63) is 0 Å². The van der Waals surface area contributed by atoms with Crippen LogP contribution in [-0.4, -0.2) is 79.9 Å². The SMILES string of the molecule is CCC[CH2][Sn]([CH2]CCC)([CH2]CCC)[C@@H](CCC(O)C#COC(=O)N(C(C)C)C(C)C)OC(=O)N(C(C)C)C(C)C. The summed E-state index contributed by atoms with van der Waals surface area (Å²) in [6, 6.07) is 0.0610. The number of hydrogen-bond donors (Lipinski definition) is 1. The average molecular weight is 674 g/mol. The minimum atomic E-state index is -3.01. The van der Waals surface area contributed by atoms with E-state index in [0.29, 0.717) is 12.8 Å². The summed E-state index contributed by atoms with van der Waals surface area (Å²) < 4.78 is 15.1. The van der Waals surface area contributed by atoms with Crippen LogP contribution in [0.5, 0.6) is 0 Å². The van der Waals surface area contributed by atoms with Crippen LogP contribution < -0.4 is 0 Å². The zero-order valence-corrected chi connectivity index (χ0v) is 30.6. The van der Waals surface area contributed by atoms with Crippen LogP contribution in [0.15, 0.2) is 0 Å². The second-order valence-corrected chi connectivity index (χ2v) is 26.3. The Hall–Kier alpha value is -1.14. The Balaban J connectivity index is 6.04. The van der Waals surface area contributed by atoms with E-state index in [1.807, 2.05) is 60.3 Å². The molecule has 0 rings (SSSR count). The summed E-state index contributed by atoms with van der Waals surface area (Å²) >= 11 is -3.01. The van der Waals surface area contributed by atoms with Gasteiger partial charge < -0.3 is 0 Å². The Labute approximate surface area is 251 Å². The van der Waals surface area contributed by atoms with Crippen molar-refractivity contribution in [3.63, 3.8) is 0 Å². The third-order valence-electron chi connectivity index (χ3n) is 7.72. The number of aliphatic hydroxyl groups excluding tert-OH is 1. The zero-order chi connectivity index (χ0) is 30.9. The molecule has 0 aliphatic heterocycles. The fraction of sp³-hybridized carbons (Fsp3) is 0.875. The van der Waals surface area contributed by atoms with E-state index in [2.05, 4.69) is 32.8 Å². The number of hydrogen-bond acceptors (Lipinski definition) is 5. The van der Waals surface area contributed by atoms with Gasteiger partial charge in [-0.3, -0.25) is 0 Å². The third kappa shape index (κ3) is 13.7. The van der Waals surface area contributed by atoms with Crippen molar-refractivity contribution in [1.29, 1.82) is 0 Å². The van der Waals surface area contributed by atoms with Crippen LogP contribution in [0.3, 0.4) is 0 Å². The van der Waals surface area contributed by atoms with Gasteiger partial charge in [0.05, 0.1) is 0 Å². The molecule has 0 heterocycles. The maximum absolute atomic E-state index is 13.6. The Bertz CT molecular complexity index is 737. The first-order valence-corrected chi connectivity index (χ1v) is 23.6. The van der Waals surface area contributed by atoms with Gasteiger partial charge >= 0.3 is 252 Å². The molecule has 1 unspecified atom stereocenters. The van der Waals surface area contributed by atoms with Gasteiger partial charge in [-0.25, -0.2) is 0 Å². The van der Waals surface area contributed by atoms with Crippen molar-refractivity contribution in [2.45, 2.75) is 175 Å². The van der Waals surface area contributed by atoms with Crippen LogP contribution in [0.25, 0.3) is 0 Å². The van der Waals surface area contributed by atoms with Gasteiger partial charge in [0.2, 0.25) is 0 Å². The fourth-order valence-corrected chi connectivity index (χ4v) is 22.9. The molecule has 2 amide bonds. The molecule has 0 spiro atoms. The van der Waals surface area contributed by atoms with Crippen molar-refractivity contribution in [2.24, 2.45) is 0 Å². The Morgan fingerprint density at radius 1 is 0.700 bits per heavy atom. The molecule has 0 bridgehead atoms. The monoisotopic (exact) mass is 674 g/mol. The van der Waals surface area contributed by atoms with E-state index in [9.17, 15) is 14.7 Å². The van der Waals surface area contributed by atoms with Crippen LogP contribution in [0, 0.1) is 12.0 Å². The summed E-state index contributed by atoms with van der Waals surface area (Å²) in [6.07, 6.45) is 8.59. The first-order chi connectivity index (χ1) is 18.8. The van der Waals surface area contributed by atoms with E-state index in [0.717, 1.165) is 38.5 Å². The molecular formula is C32H62N2O5Sn. The van der Waals surface area contributed by atoms with Gasteiger partial charge in [-0.05, 0) is 0 Å². The molecule has 0 aliphatic carbocycles. The van der Waals surface area contributed by atoms with Crippen LogP contribution in [0.2, 0.25) is 13.3 Å². The van der Waals surface area contributed by atoms with Gasteiger partial charge in [-0.15, -0.1) is 0 Å². The second-order valence-electron chi connectivity index (χ2n) is 12.4. The number of unbranched alkanes of at least 4 members (excludes halogenated alkanes) is 3. The van der Waals surface area contributed by atoms with Crippen LogP contribution >= 0.6 is 0 Å². The number of aliphatic hydroxyl groups is 1. The van der Waals surface area contributed by atoms with Crippen molar-refractivity contribution in [3.8, 4) is 12.0 Å². The summed E-state index contributed by atoms with van der Waals surface area (Å²) in [5.74, 6) is 2.70. The number of ether oxygens (including phenoxy) is 2. The zero-order valence-electron chi connectivity index (χ0n) is 27.7. The number of amides is 2. The Morgan fingerprint density at radius 2 is 1.10 bits per heavy atom. The molecule has 234 valence electrons. The van der Waals surface area contributed by atoms with Gasteiger partial charge in [-0.2, -0.15) is 0 Å². The van der Waals surface area contributed by atoms with E-state index in [4.69, 9.17) is 9.47 Å². The first-order valence-electron chi connectivity index (χ1n) is 15.9. The topological polar surface area (TPSA) is 79.3 Å². The van der Waals surface area contributed by atoms with E-state index < -0.39 is 30.6 Å². The van der Waals surface area contributed by atoms with Gasteiger partial charge in [0.1, 0.15) is 0 Å². The molecule has 0 saturated heterocycles. The van der Waals surface area contributed by atoms with Crippen LogP contribution in [0.4, 0.5) is 9.59 Å². The van der Waals surface area contributed by atoms with Gasteiger partial charge in [0.25, 0.3) is 0 Å². The number of carbonyl (C=O) groups is 2. The third-order valence-corrected chi connectivity index (χ3v) is 24.3. The number of nitrogens with zero attached hydrogens (tertiary/aromatic N) is 2. The maximum atomic E-state index is 13.6. The molecule has 0 aromatic carbocycles. The molecular weight excluding hydrogens is 611 g/mol. The van der Waals surface area contributed by atoms with E-state index in [1.165, 1.54) is 13.3 Å².